The van der Waals surface area contributed by atoms with Gasteiger partial charge in [-0.3, -0.25) is 0 Å². The Bertz CT molecular complexity index is 1780. The van der Waals surface area contributed by atoms with Crippen molar-refractivity contribution in [1.29, 1.82) is 0 Å². The van der Waals surface area contributed by atoms with Crippen molar-refractivity contribution in [3.8, 4) is 34.3 Å². The third-order valence-corrected chi connectivity index (χ3v) is 11.8. The molecule has 45 heavy (non-hydrogen) atoms. The summed E-state index contributed by atoms with van der Waals surface area (Å²) in [6, 6.07) is 41.8. The van der Waals surface area contributed by atoms with E-state index in [9.17, 15) is 0 Å². The molecule has 1 heterocycles. The molecule has 0 amide bonds. The monoisotopic (exact) mass is 637 g/mol. The minimum atomic E-state index is -1.53. The molecule has 0 radical (unpaired) electrons. The Hall–Kier alpha value is -4.64. The molecule has 0 spiro atoms. The van der Waals surface area contributed by atoms with Gasteiger partial charge in [-0.15, -0.1) is 0 Å². The maximum absolute atomic E-state index is 6.12. The molecule has 0 atom stereocenters. The zero-order valence-corrected chi connectivity index (χ0v) is 27.5. The Morgan fingerprint density at radius 3 is 1.42 bits per heavy atom. The molecule has 0 N–H and O–H groups in total. The molecule has 6 nitrogen and oxygen atoms in total. The van der Waals surface area contributed by atoms with Crippen LogP contribution in [0.1, 0.15) is 0 Å². The highest BCUT2D eigenvalue weighted by Crippen LogP contribution is 2.51. The summed E-state index contributed by atoms with van der Waals surface area (Å²) in [5, 5.41) is 5.21. The molecule has 5 aromatic carbocycles. The molecule has 228 valence electrons. The van der Waals surface area contributed by atoms with E-state index in [-0.39, 0.29) is 5.28 Å². The quantitative estimate of drug-likeness (QED) is 0.127. The van der Waals surface area contributed by atoms with Crippen molar-refractivity contribution in [1.82, 2.24) is 9.97 Å². The lowest BCUT2D eigenvalue weighted by Crippen LogP contribution is -2.30. The highest BCUT2D eigenvalue weighted by Gasteiger charge is 2.39. The summed E-state index contributed by atoms with van der Waals surface area (Å²) in [6.45, 7) is 2.41. The Morgan fingerprint density at radius 1 is 0.511 bits per heavy atom. The van der Waals surface area contributed by atoms with E-state index < -0.39 is 7.26 Å². The van der Waals surface area contributed by atoms with Crippen molar-refractivity contribution in [2.75, 3.05) is 35.1 Å². The maximum Gasteiger partial charge on any atom is 0.223 e. The lowest BCUT2D eigenvalue weighted by molar-refractivity contribution is 0.355. The number of hydrogen-bond acceptors (Lipinski definition) is 6. The standard InChI is InChI=1S/C19H18P.C18H17ClN2O4/c1-20(17-11-5-2-6-12-17,18-13-7-3-8-14-18)19-15-9-4-10-16-19;1-22-13-6-5-10(7-14(13)23-2)17-11-8-15(24-3)16(25-4)9-12(11)20-18(19)21-17/h2-16H,1H3;5-9H,1-4H3/q+1;. The molecular formula is C37H35ClN2O4P+. The van der Waals surface area contributed by atoms with Crippen LogP contribution in [0.5, 0.6) is 23.0 Å². The molecule has 0 aliphatic rings. The second-order valence-corrected chi connectivity index (χ2v) is 14.0. The van der Waals surface area contributed by atoms with Crippen molar-refractivity contribution < 1.29 is 18.9 Å². The zero-order chi connectivity index (χ0) is 31.8. The highest BCUT2D eigenvalue weighted by atomic mass is 35.5. The van der Waals surface area contributed by atoms with Gasteiger partial charge in [-0.25, -0.2) is 9.97 Å². The smallest absolute Gasteiger partial charge is 0.223 e. The van der Waals surface area contributed by atoms with Crippen molar-refractivity contribution in [2.24, 2.45) is 0 Å². The average Bonchev–Trinajstić information content (AvgIpc) is 3.11. The SMILES string of the molecule is COc1ccc(-c2nc(Cl)nc3cc(OC)c(OC)cc23)cc1OC.C[P+](c1ccccc1)(c1ccccc1)c1ccccc1. The van der Waals surface area contributed by atoms with Crippen LogP contribution in [-0.2, 0) is 0 Å². The number of hydrogen-bond donors (Lipinski definition) is 0. The van der Waals surface area contributed by atoms with E-state index in [0.29, 0.717) is 34.2 Å². The number of aromatic nitrogens is 2. The topological polar surface area (TPSA) is 62.7 Å². The van der Waals surface area contributed by atoms with Crippen molar-refractivity contribution >= 4 is 45.7 Å². The molecule has 6 rings (SSSR count). The predicted octanol–water partition coefficient (Wildman–Crippen LogP) is 7.59. The van der Waals surface area contributed by atoms with Crippen LogP contribution in [0.15, 0.2) is 121 Å². The van der Waals surface area contributed by atoms with E-state index in [4.69, 9.17) is 30.5 Å². The fraction of sp³-hybridized carbons (Fsp3) is 0.135. The van der Waals surface area contributed by atoms with Gasteiger partial charge in [0.15, 0.2) is 23.0 Å². The van der Waals surface area contributed by atoms with E-state index in [2.05, 4.69) is 108 Å². The fourth-order valence-corrected chi connectivity index (χ4v) is 8.63. The summed E-state index contributed by atoms with van der Waals surface area (Å²) in [5.74, 6) is 2.39. The number of benzene rings is 5. The van der Waals surface area contributed by atoms with Crippen molar-refractivity contribution in [3.05, 3.63) is 127 Å². The Balaban J connectivity index is 0.000000182. The molecule has 0 aliphatic heterocycles. The molecule has 6 aromatic rings. The largest absolute Gasteiger partial charge is 0.493 e. The van der Waals surface area contributed by atoms with E-state index in [1.165, 1.54) is 15.9 Å². The first kappa shape index (κ1) is 31.8. The van der Waals surface area contributed by atoms with Gasteiger partial charge in [0, 0.05) is 17.0 Å². The molecule has 0 aliphatic carbocycles. The lowest BCUT2D eigenvalue weighted by Gasteiger charge is -2.22. The van der Waals surface area contributed by atoms with E-state index in [0.717, 1.165) is 10.9 Å². The summed E-state index contributed by atoms with van der Waals surface area (Å²) in [6.07, 6.45) is 0. The van der Waals surface area contributed by atoms with Crippen LogP contribution >= 0.6 is 18.9 Å². The molecule has 0 saturated heterocycles. The molecule has 0 bridgehead atoms. The van der Waals surface area contributed by atoms with Gasteiger partial charge >= 0.3 is 0 Å². The van der Waals surface area contributed by atoms with Crippen LogP contribution in [0, 0.1) is 0 Å². The summed E-state index contributed by atoms with van der Waals surface area (Å²) >= 11 is 6.12. The maximum atomic E-state index is 6.12. The van der Waals surface area contributed by atoms with Gasteiger partial charge in [0.25, 0.3) is 0 Å². The average molecular weight is 638 g/mol. The van der Waals surface area contributed by atoms with Gasteiger partial charge in [-0.1, -0.05) is 54.6 Å². The molecule has 8 heteroatoms. The molecule has 1 aromatic heterocycles. The summed E-state index contributed by atoms with van der Waals surface area (Å²) in [4.78, 5) is 8.68. The van der Waals surface area contributed by atoms with Gasteiger partial charge in [0.1, 0.15) is 23.2 Å². The first-order chi connectivity index (χ1) is 21.9. The molecular weight excluding hydrogens is 603 g/mol. The number of fused-ring (bicyclic) bond motifs is 1. The Kier molecular flexibility index (Phi) is 10.2. The third kappa shape index (κ3) is 6.73. The normalized spacial score (nSPS) is 10.9. The first-order valence-electron chi connectivity index (χ1n) is 14.3. The minimum Gasteiger partial charge on any atom is -0.493 e. The number of nitrogens with zero attached hydrogens (tertiary/aromatic N) is 2. The second-order valence-electron chi connectivity index (χ2n) is 10.1. The summed E-state index contributed by atoms with van der Waals surface area (Å²) in [7, 11) is 4.80. The van der Waals surface area contributed by atoms with Gasteiger partial charge < -0.3 is 18.9 Å². The molecule has 0 unspecified atom stereocenters. The van der Waals surface area contributed by atoms with E-state index in [1.807, 2.05) is 24.3 Å². The Morgan fingerprint density at radius 2 is 0.956 bits per heavy atom. The summed E-state index contributed by atoms with van der Waals surface area (Å²) < 4.78 is 21.4. The fourth-order valence-electron chi connectivity index (χ4n) is 5.26. The number of methoxy groups -OCH3 is 4. The van der Waals surface area contributed by atoms with Crippen molar-refractivity contribution in [3.63, 3.8) is 0 Å². The molecule has 0 fully saturated rings. The van der Waals surface area contributed by atoms with Crippen LogP contribution in [0.4, 0.5) is 0 Å². The van der Waals surface area contributed by atoms with Gasteiger partial charge in [-0.2, -0.15) is 0 Å². The predicted molar refractivity (Wildman–Crippen MR) is 187 cm³/mol. The zero-order valence-electron chi connectivity index (χ0n) is 25.9. The number of ether oxygens (including phenoxy) is 4. The third-order valence-electron chi connectivity index (χ3n) is 7.65. The minimum absolute atomic E-state index is 0.143. The van der Waals surface area contributed by atoms with Crippen LogP contribution in [-0.4, -0.2) is 45.1 Å². The van der Waals surface area contributed by atoms with Crippen LogP contribution in [0.2, 0.25) is 5.28 Å². The molecule has 0 saturated carbocycles. The Labute approximate surface area is 269 Å². The van der Waals surface area contributed by atoms with Crippen LogP contribution in [0.25, 0.3) is 22.2 Å². The van der Waals surface area contributed by atoms with Crippen LogP contribution < -0.4 is 34.9 Å². The van der Waals surface area contributed by atoms with Gasteiger partial charge in [-0.05, 0) is 72.3 Å². The van der Waals surface area contributed by atoms with Gasteiger partial charge in [0.2, 0.25) is 5.28 Å². The van der Waals surface area contributed by atoms with E-state index in [1.54, 1.807) is 34.5 Å². The van der Waals surface area contributed by atoms with Crippen molar-refractivity contribution in [2.45, 2.75) is 0 Å². The lowest BCUT2D eigenvalue weighted by atomic mass is 10.1. The summed E-state index contributed by atoms with van der Waals surface area (Å²) in [5.41, 5.74) is 2.14. The second kappa shape index (κ2) is 14.4. The number of rotatable bonds is 8. The van der Waals surface area contributed by atoms with E-state index >= 15 is 0 Å². The first-order valence-corrected chi connectivity index (χ1v) is 16.9. The van der Waals surface area contributed by atoms with Crippen LogP contribution in [0.3, 0.4) is 0 Å². The number of halogens is 1. The highest BCUT2D eigenvalue weighted by molar-refractivity contribution is 7.95. The van der Waals surface area contributed by atoms with Gasteiger partial charge in [0.05, 0.1) is 46.3 Å².